The van der Waals surface area contributed by atoms with Crippen LogP contribution in [-0.2, 0) is 13.0 Å². The minimum Gasteiger partial charge on any atom is -0.327 e. The third kappa shape index (κ3) is 3.87. The first-order chi connectivity index (χ1) is 9.60. The van der Waals surface area contributed by atoms with E-state index in [0.29, 0.717) is 0 Å². The fourth-order valence-electron chi connectivity index (χ4n) is 2.28. The van der Waals surface area contributed by atoms with Gasteiger partial charge in [-0.05, 0) is 38.5 Å². The summed E-state index contributed by atoms with van der Waals surface area (Å²) in [5.41, 5.74) is 9.90. The predicted octanol–water partition coefficient (Wildman–Crippen LogP) is 3.18. The Bertz CT molecular complexity index is 563. The summed E-state index contributed by atoms with van der Waals surface area (Å²) in [7, 11) is 0. The lowest BCUT2D eigenvalue weighted by Crippen LogP contribution is -2.27. The van der Waals surface area contributed by atoms with Crippen molar-refractivity contribution in [2.45, 2.75) is 44.7 Å². The van der Waals surface area contributed by atoms with Crippen molar-refractivity contribution in [1.82, 2.24) is 9.78 Å². The topological polar surface area (TPSA) is 43.8 Å². The molecule has 108 valence electrons. The van der Waals surface area contributed by atoms with Crippen LogP contribution in [0.1, 0.15) is 23.9 Å². The highest BCUT2D eigenvalue weighted by Crippen LogP contribution is 2.22. The summed E-state index contributed by atoms with van der Waals surface area (Å²) >= 11 is 1.84. The number of aromatic nitrogens is 2. The summed E-state index contributed by atoms with van der Waals surface area (Å²) in [6.07, 6.45) is 0.883. The Balaban J connectivity index is 1.92. The number of thioether (sulfide) groups is 1. The summed E-state index contributed by atoms with van der Waals surface area (Å²) in [5.74, 6) is 0.929. The van der Waals surface area contributed by atoms with Crippen LogP contribution in [0, 0.1) is 13.8 Å². The van der Waals surface area contributed by atoms with E-state index in [-0.39, 0.29) is 6.04 Å². The number of aryl methyl sites for hydroxylation is 3. The molecule has 0 bridgehead atoms. The number of hydrogen-bond acceptors (Lipinski definition) is 3. The fourth-order valence-corrected chi connectivity index (χ4v) is 3.26. The highest BCUT2D eigenvalue weighted by atomic mass is 32.2. The molecule has 0 saturated heterocycles. The Morgan fingerprint density at radius 3 is 2.75 bits per heavy atom. The maximum absolute atomic E-state index is 6.27. The van der Waals surface area contributed by atoms with Gasteiger partial charge in [0.05, 0.1) is 5.69 Å². The van der Waals surface area contributed by atoms with Crippen LogP contribution in [0.2, 0.25) is 0 Å². The summed E-state index contributed by atoms with van der Waals surface area (Å²) in [5, 5.41) is 4.47. The van der Waals surface area contributed by atoms with Crippen LogP contribution in [0.25, 0.3) is 0 Å². The summed E-state index contributed by atoms with van der Waals surface area (Å²) < 4.78 is 2.05. The molecule has 0 aliphatic carbocycles. The molecule has 1 aromatic carbocycles. The highest BCUT2D eigenvalue weighted by Gasteiger charge is 2.10. The van der Waals surface area contributed by atoms with Crippen molar-refractivity contribution in [2.75, 3.05) is 5.75 Å². The smallest absolute Gasteiger partial charge is 0.0596 e. The molecule has 4 heteroatoms. The van der Waals surface area contributed by atoms with E-state index in [0.717, 1.165) is 24.4 Å². The molecule has 0 fully saturated rings. The Morgan fingerprint density at radius 2 is 2.05 bits per heavy atom. The molecule has 0 aliphatic heterocycles. The molecule has 1 atom stereocenters. The normalized spacial score (nSPS) is 12.6. The second-order valence-electron chi connectivity index (χ2n) is 5.13. The Labute approximate surface area is 125 Å². The van der Waals surface area contributed by atoms with Crippen LogP contribution >= 0.6 is 11.8 Å². The molecule has 1 aromatic heterocycles. The Hall–Kier alpha value is -1.26. The SMILES string of the molecule is CCn1nc(C)cc1CC(N)CSc1ccccc1C. The van der Waals surface area contributed by atoms with Crippen molar-refractivity contribution in [1.29, 1.82) is 0 Å². The minimum atomic E-state index is 0.154. The van der Waals surface area contributed by atoms with Crippen LogP contribution in [0.5, 0.6) is 0 Å². The number of hydrogen-bond donors (Lipinski definition) is 1. The second kappa shape index (κ2) is 6.95. The first-order valence-electron chi connectivity index (χ1n) is 7.07. The van der Waals surface area contributed by atoms with E-state index in [9.17, 15) is 0 Å². The van der Waals surface area contributed by atoms with Gasteiger partial charge in [0.25, 0.3) is 0 Å². The van der Waals surface area contributed by atoms with E-state index in [1.807, 2.05) is 23.4 Å². The molecule has 0 spiro atoms. The molecule has 2 N–H and O–H groups in total. The Morgan fingerprint density at radius 1 is 1.30 bits per heavy atom. The van der Waals surface area contributed by atoms with Crippen LogP contribution in [-0.4, -0.2) is 21.6 Å². The van der Waals surface area contributed by atoms with Gasteiger partial charge in [-0.3, -0.25) is 4.68 Å². The summed E-state index contributed by atoms with van der Waals surface area (Å²) in [4.78, 5) is 1.32. The molecule has 2 aromatic rings. The van der Waals surface area contributed by atoms with Crippen LogP contribution < -0.4 is 5.73 Å². The molecule has 1 heterocycles. The van der Waals surface area contributed by atoms with E-state index in [1.54, 1.807) is 0 Å². The van der Waals surface area contributed by atoms with Crippen molar-refractivity contribution in [3.63, 3.8) is 0 Å². The monoisotopic (exact) mass is 289 g/mol. The second-order valence-corrected chi connectivity index (χ2v) is 6.20. The van der Waals surface area contributed by atoms with Gasteiger partial charge in [-0.15, -0.1) is 11.8 Å². The number of nitrogens with two attached hydrogens (primary N) is 1. The molecule has 1 unspecified atom stereocenters. The average molecular weight is 289 g/mol. The molecule has 0 saturated carbocycles. The van der Waals surface area contributed by atoms with Crippen molar-refractivity contribution < 1.29 is 0 Å². The van der Waals surface area contributed by atoms with Gasteiger partial charge in [0.2, 0.25) is 0 Å². The molecular weight excluding hydrogens is 266 g/mol. The number of rotatable bonds is 6. The molecule has 0 aliphatic rings. The maximum atomic E-state index is 6.27. The quantitative estimate of drug-likeness (QED) is 0.831. The summed E-state index contributed by atoms with van der Waals surface area (Å²) in [6.45, 7) is 7.19. The van der Waals surface area contributed by atoms with Crippen molar-refractivity contribution in [2.24, 2.45) is 5.73 Å². The van der Waals surface area contributed by atoms with Gasteiger partial charge in [-0.25, -0.2) is 0 Å². The van der Waals surface area contributed by atoms with E-state index < -0.39 is 0 Å². The zero-order valence-corrected chi connectivity index (χ0v) is 13.3. The number of nitrogens with zero attached hydrogens (tertiary/aromatic N) is 2. The average Bonchev–Trinajstić information content (AvgIpc) is 2.78. The summed E-state index contributed by atoms with van der Waals surface area (Å²) in [6, 6.07) is 10.7. The third-order valence-corrected chi connectivity index (χ3v) is 4.67. The molecule has 3 nitrogen and oxygen atoms in total. The van der Waals surface area contributed by atoms with E-state index in [1.165, 1.54) is 16.2 Å². The van der Waals surface area contributed by atoms with Gasteiger partial charge in [0.1, 0.15) is 0 Å². The fraction of sp³-hybridized carbons (Fsp3) is 0.438. The lowest BCUT2D eigenvalue weighted by molar-refractivity contribution is 0.594. The van der Waals surface area contributed by atoms with Gasteiger partial charge in [-0.1, -0.05) is 18.2 Å². The molecule has 0 radical (unpaired) electrons. The highest BCUT2D eigenvalue weighted by molar-refractivity contribution is 7.99. The van der Waals surface area contributed by atoms with Gasteiger partial charge in [0.15, 0.2) is 0 Å². The van der Waals surface area contributed by atoms with Crippen molar-refractivity contribution >= 4 is 11.8 Å². The molecule has 20 heavy (non-hydrogen) atoms. The van der Waals surface area contributed by atoms with Crippen LogP contribution in [0.4, 0.5) is 0 Å². The minimum absolute atomic E-state index is 0.154. The third-order valence-electron chi connectivity index (χ3n) is 3.30. The zero-order valence-electron chi connectivity index (χ0n) is 12.5. The molecular formula is C16H23N3S. The molecule has 2 rings (SSSR count). The predicted molar refractivity (Wildman–Crippen MR) is 86.2 cm³/mol. The Kier molecular flexibility index (Phi) is 5.26. The van der Waals surface area contributed by atoms with Crippen LogP contribution in [0.15, 0.2) is 35.2 Å². The van der Waals surface area contributed by atoms with Crippen molar-refractivity contribution in [3.05, 3.63) is 47.3 Å². The molecule has 0 amide bonds. The first kappa shape index (κ1) is 15.1. The van der Waals surface area contributed by atoms with Gasteiger partial charge in [-0.2, -0.15) is 5.10 Å². The maximum Gasteiger partial charge on any atom is 0.0596 e. The van der Waals surface area contributed by atoms with E-state index >= 15 is 0 Å². The van der Waals surface area contributed by atoms with E-state index in [2.05, 4.69) is 49.3 Å². The number of benzene rings is 1. The first-order valence-corrected chi connectivity index (χ1v) is 8.06. The van der Waals surface area contributed by atoms with Gasteiger partial charge >= 0.3 is 0 Å². The standard InChI is InChI=1S/C16H23N3S/c1-4-19-15(9-13(3)18-19)10-14(17)11-20-16-8-6-5-7-12(16)2/h5-9,14H,4,10-11,17H2,1-3H3. The van der Waals surface area contributed by atoms with E-state index in [4.69, 9.17) is 5.73 Å². The van der Waals surface area contributed by atoms with Gasteiger partial charge < -0.3 is 5.73 Å². The zero-order chi connectivity index (χ0) is 14.5. The van der Waals surface area contributed by atoms with Crippen LogP contribution in [0.3, 0.4) is 0 Å². The van der Waals surface area contributed by atoms with Gasteiger partial charge in [0, 0.05) is 35.3 Å². The lowest BCUT2D eigenvalue weighted by Gasteiger charge is -2.13. The van der Waals surface area contributed by atoms with Crippen molar-refractivity contribution in [3.8, 4) is 0 Å². The lowest BCUT2D eigenvalue weighted by atomic mass is 10.2. The largest absolute Gasteiger partial charge is 0.327 e.